The Morgan fingerprint density at radius 1 is 1.43 bits per heavy atom. The molecule has 1 atom stereocenters. The molecule has 14 heavy (non-hydrogen) atoms. The zero-order valence-corrected chi connectivity index (χ0v) is 8.38. The molecule has 0 bridgehead atoms. The van der Waals surface area contributed by atoms with Gasteiger partial charge in [-0.05, 0) is 6.42 Å². The smallest absolute Gasteiger partial charge is 0.237 e. The van der Waals surface area contributed by atoms with Gasteiger partial charge in [-0.15, -0.1) is 6.58 Å². The summed E-state index contributed by atoms with van der Waals surface area (Å²) in [6.45, 7) is 5.72. The minimum Gasteiger partial charge on any atom is -0.355 e. The van der Waals surface area contributed by atoms with E-state index in [1.807, 2.05) is 0 Å². The van der Waals surface area contributed by atoms with Crippen molar-refractivity contribution < 1.29 is 9.59 Å². The lowest BCUT2D eigenvalue weighted by Crippen LogP contribution is -2.43. The van der Waals surface area contributed by atoms with Gasteiger partial charge in [0.05, 0.1) is 6.04 Å². The summed E-state index contributed by atoms with van der Waals surface area (Å²) >= 11 is 0. The molecule has 0 aliphatic rings. The molecule has 0 aromatic rings. The number of nitrogens with two attached hydrogens (primary N) is 1. The minimum absolute atomic E-state index is 0.116. The Morgan fingerprint density at radius 2 is 2.00 bits per heavy atom. The summed E-state index contributed by atoms with van der Waals surface area (Å²) in [6.07, 6.45) is 2.05. The van der Waals surface area contributed by atoms with Crippen molar-refractivity contribution in [1.82, 2.24) is 10.6 Å². The fraction of sp³-hybridized carbons (Fsp3) is 0.556. The summed E-state index contributed by atoms with van der Waals surface area (Å²) in [6, 6.07) is -0.551. The lowest BCUT2D eigenvalue weighted by Gasteiger charge is -2.10. The molecule has 5 nitrogen and oxygen atoms in total. The molecule has 0 saturated carbocycles. The SMILES string of the molecule is C=CCC(N)C(=O)NCCNC(C)=O. The summed E-state index contributed by atoms with van der Waals surface area (Å²) in [7, 11) is 0. The van der Waals surface area contributed by atoms with E-state index in [1.165, 1.54) is 6.92 Å². The van der Waals surface area contributed by atoms with Crippen LogP contribution in [0.5, 0.6) is 0 Å². The van der Waals surface area contributed by atoms with Gasteiger partial charge in [-0.1, -0.05) is 6.08 Å². The third-order valence-corrected chi connectivity index (χ3v) is 1.56. The maximum atomic E-state index is 11.2. The van der Waals surface area contributed by atoms with E-state index >= 15 is 0 Å². The first kappa shape index (κ1) is 12.6. The molecule has 5 heteroatoms. The second-order valence-corrected chi connectivity index (χ2v) is 2.90. The van der Waals surface area contributed by atoms with Gasteiger partial charge in [0.25, 0.3) is 0 Å². The van der Waals surface area contributed by atoms with Gasteiger partial charge in [-0.3, -0.25) is 9.59 Å². The van der Waals surface area contributed by atoms with Gasteiger partial charge < -0.3 is 16.4 Å². The lowest BCUT2D eigenvalue weighted by atomic mass is 10.2. The number of nitrogens with one attached hydrogen (secondary N) is 2. The van der Waals surface area contributed by atoms with E-state index in [0.717, 1.165) is 0 Å². The highest BCUT2D eigenvalue weighted by Crippen LogP contribution is 1.87. The molecule has 0 aliphatic heterocycles. The molecule has 1 unspecified atom stereocenters. The topological polar surface area (TPSA) is 84.2 Å². The Hall–Kier alpha value is -1.36. The van der Waals surface area contributed by atoms with Crippen LogP contribution in [0.4, 0.5) is 0 Å². The normalized spacial score (nSPS) is 11.6. The molecule has 0 fully saturated rings. The maximum Gasteiger partial charge on any atom is 0.237 e. The van der Waals surface area contributed by atoms with Gasteiger partial charge in [-0.2, -0.15) is 0 Å². The summed E-state index contributed by atoms with van der Waals surface area (Å²) in [5.41, 5.74) is 5.50. The van der Waals surface area contributed by atoms with E-state index in [2.05, 4.69) is 17.2 Å². The van der Waals surface area contributed by atoms with Crippen LogP contribution in [0.1, 0.15) is 13.3 Å². The van der Waals surface area contributed by atoms with Crippen molar-refractivity contribution >= 4 is 11.8 Å². The van der Waals surface area contributed by atoms with E-state index < -0.39 is 6.04 Å². The van der Waals surface area contributed by atoms with Crippen molar-refractivity contribution in [1.29, 1.82) is 0 Å². The fourth-order valence-corrected chi connectivity index (χ4v) is 0.842. The first-order valence-corrected chi connectivity index (χ1v) is 4.46. The van der Waals surface area contributed by atoms with Gasteiger partial charge in [0.1, 0.15) is 0 Å². The van der Waals surface area contributed by atoms with Gasteiger partial charge >= 0.3 is 0 Å². The quantitative estimate of drug-likeness (QED) is 0.384. The Bertz CT molecular complexity index is 216. The fourth-order valence-electron chi connectivity index (χ4n) is 0.842. The van der Waals surface area contributed by atoms with Crippen molar-refractivity contribution in [2.75, 3.05) is 13.1 Å². The molecule has 2 amide bonds. The van der Waals surface area contributed by atoms with Gasteiger partial charge in [0, 0.05) is 20.0 Å². The first-order chi connectivity index (χ1) is 6.57. The summed E-state index contributed by atoms with van der Waals surface area (Å²) in [5, 5.41) is 5.15. The molecule has 0 spiro atoms. The highest BCUT2D eigenvalue weighted by molar-refractivity contribution is 5.81. The average Bonchev–Trinajstić information content (AvgIpc) is 2.12. The number of rotatable bonds is 6. The van der Waals surface area contributed by atoms with E-state index in [1.54, 1.807) is 6.08 Å². The Labute approximate surface area is 83.7 Å². The second-order valence-electron chi connectivity index (χ2n) is 2.90. The minimum atomic E-state index is -0.551. The maximum absolute atomic E-state index is 11.2. The molecule has 80 valence electrons. The summed E-state index contributed by atoms with van der Waals surface area (Å²) in [4.78, 5) is 21.6. The van der Waals surface area contributed by atoms with Crippen molar-refractivity contribution in [2.45, 2.75) is 19.4 Å². The van der Waals surface area contributed by atoms with Crippen LogP contribution in [0.25, 0.3) is 0 Å². The number of carbonyl (C=O) groups is 2. The Kier molecular flexibility index (Phi) is 6.39. The standard InChI is InChI=1S/C9H17N3O2/c1-3-4-8(10)9(14)12-6-5-11-7(2)13/h3,8H,1,4-6,10H2,2H3,(H,11,13)(H,12,14). The molecule has 0 aromatic heterocycles. The van der Waals surface area contributed by atoms with E-state index in [0.29, 0.717) is 19.5 Å². The Balaban J connectivity index is 3.53. The molecule has 0 aliphatic carbocycles. The highest BCUT2D eigenvalue weighted by atomic mass is 16.2. The second kappa shape index (κ2) is 7.08. The third-order valence-electron chi connectivity index (χ3n) is 1.56. The van der Waals surface area contributed by atoms with Crippen molar-refractivity contribution in [3.8, 4) is 0 Å². The van der Waals surface area contributed by atoms with Crippen LogP contribution >= 0.6 is 0 Å². The predicted octanol–water partition coefficient (Wildman–Crippen LogP) is -0.858. The van der Waals surface area contributed by atoms with Crippen LogP contribution < -0.4 is 16.4 Å². The molecule has 0 saturated heterocycles. The van der Waals surface area contributed by atoms with Gasteiger partial charge in [-0.25, -0.2) is 0 Å². The Morgan fingerprint density at radius 3 is 2.50 bits per heavy atom. The van der Waals surface area contributed by atoms with E-state index in [9.17, 15) is 9.59 Å². The molecule has 4 N–H and O–H groups in total. The molecule has 0 rings (SSSR count). The molecule has 0 radical (unpaired) electrons. The van der Waals surface area contributed by atoms with E-state index in [4.69, 9.17) is 5.73 Å². The highest BCUT2D eigenvalue weighted by Gasteiger charge is 2.09. The van der Waals surface area contributed by atoms with Crippen molar-refractivity contribution in [2.24, 2.45) is 5.73 Å². The monoisotopic (exact) mass is 199 g/mol. The van der Waals surface area contributed by atoms with E-state index in [-0.39, 0.29) is 11.8 Å². The number of hydrogen-bond acceptors (Lipinski definition) is 3. The summed E-state index contributed by atoms with van der Waals surface area (Å²) < 4.78 is 0. The average molecular weight is 199 g/mol. The lowest BCUT2D eigenvalue weighted by molar-refractivity contribution is -0.123. The zero-order valence-electron chi connectivity index (χ0n) is 8.38. The van der Waals surface area contributed by atoms with Crippen LogP contribution in [0.3, 0.4) is 0 Å². The largest absolute Gasteiger partial charge is 0.355 e. The molecule has 0 aromatic carbocycles. The summed E-state index contributed by atoms with van der Waals surface area (Å²) in [5.74, 6) is -0.343. The number of carbonyl (C=O) groups excluding carboxylic acids is 2. The number of amides is 2. The molecule has 0 heterocycles. The first-order valence-electron chi connectivity index (χ1n) is 4.46. The van der Waals surface area contributed by atoms with Crippen LogP contribution in [0.15, 0.2) is 12.7 Å². The van der Waals surface area contributed by atoms with Gasteiger partial charge in [0.2, 0.25) is 11.8 Å². The van der Waals surface area contributed by atoms with Crippen molar-refractivity contribution in [3.63, 3.8) is 0 Å². The zero-order chi connectivity index (χ0) is 11.0. The third kappa shape index (κ3) is 6.19. The van der Waals surface area contributed by atoms with Crippen LogP contribution in [-0.4, -0.2) is 30.9 Å². The van der Waals surface area contributed by atoms with Crippen LogP contribution in [-0.2, 0) is 9.59 Å². The molecular formula is C9H17N3O2. The predicted molar refractivity (Wildman–Crippen MR) is 54.5 cm³/mol. The van der Waals surface area contributed by atoms with Gasteiger partial charge in [0.15, 0.2) is 0 Å². The van der Waals surface area contributed by atoms with Crippen LogP contribution in [0.2, 0.25) is 0 Å². The van der Waals surface area contributed by atoms with Crippen molar-refractivity contribution in [3.05, 3.63) is 12.7 Å². The number of hydrogen-bond donors (Lipinski definition) is 3. The van der Waals surface area contributed by atoms with Crippen LogP contribution in [0, 0.1) is 0 Å². The molecular weight excluding hydrogens is 182 g/mol.